The molecule has 4 nitrogen and oxygen atoms in total. The van der Waals surface area contributed by atoms with Crippen LogP contribution in [-0.4, -0.2) is 25.6 Å². The molecular formula is C16H24N2O2. The van der Waals surface area contributed by atoms with Crippen LogP contribution in [0.5, 0.6) is 5.75 Å². The molecule has 1 atom stereocenters. The third kappa shape index (κ3) is 3.12. The van der Waals surface area contributed by atoms with E-state index in [1.165, 1.54) is 5.56 Å². The minimum absolute atomic E-state index is 0.0322. The zero-order valence-corrected chi connectivity index (χ0v) is 12.6. The molecule has 1 aromatic carbocycles. The molecule has 0 bridgehead atoms. The van der Waals surface area contributed by atoms with Gasteiger partial charge < -0.3 is 15.4 Å². The second-order valence-electron chi connectivity index (χ2n) is 5.82. The average molecular weight is 276 g/mol. The number of ether oxygens (including phenoxy) is 1. The Kier molecular flexibility index (Phi) is 4.65. The smallest absolute Gasteiger partial charge is 0.243 e. The van der Waals surface area contributed by atoms with E-state index < -0.39 is 6.04 Å². The van der Waals surface area contributed by atoms with Crippen LogP contribution in [0, 0.1) is 5.92 Å². The Labute approximate surface area is 120 Å². The molecule has 2 N–H and O–H groups in total. The van der Waals surface area contributed by atoms with Crippen molar-refractivity contribution in [1.29, 1.82) is 0 Å². The van der Waals surface area contributed by atoms with Gasteiger partial charge in [-0.05, 0) is 48.9 Å². The summed E-state index contributed by atoms with van der Waals surface area (Å²) in [6.45, 7) is 4.92. The first-order valence-corrected chi connectivity index (χ1v) is 7.26. The van der Waals surface area contributed by atoms with E-state index in [0.717, 1.165) is 37.2 Å². The first kappa shape index (κ1) is 14.9. The van der Waals surface area contributed by atoms with Gasteiger partial charge in [0, 0.05) is 12.2 Å². The van der Waals surface area contributed by atoms with Crippen molar-refractivity contribution in [3.63, 3.8) is 0 Å². The van der Waals surface area contributed by atoms with E-state index in [4.69, 9.17) is 10.5 Å². The zero-order valence-electron chi connectivity index (χ0n) is 12.6. The number of hydrogen-bond acceptors (Lipinski definition) is 3. The number of nitrogens with two attached hydrogens (primary N) is 1. The van der Waals surface area contributed by atoms with Crippen LogP contribution in [0.4, 0.5) is 5.69 Å². The number of aryl methyl sites for hydroxylation is 1. The Balaban J connectivity index is 2.21. The number of hydrogen-bond donors (Lipinski definition) is 1. The number of carbonyl (C=O) groups is 1. The summed E-state index contributed by atoms with van der Waals surface area (Å²) in [5.74, 6) is 1.29. The first-order valence-electron chi connectivity index (χ1n) is 7.26. The molecule has 20 heavy (non-hydrogen) atoms. The van der Waals surface area contributed by atoms with Gasteiger partial charge in [-0.2, -0.15) is 0 Å². The van der Waals surface area contributed by atoms with Crippen molar-refractivity contribution < 1.29 is 9.53 Å². The van der Waals surface area contributed by atoms with Crippen molar-refractivity contribution in [3.05, 3.63) is 23.8 Å². The highest BCUT2D eigenvalue weighted by Crippen LogP contribution is 2.31. The number of methoxy groups -OCH3 is 1. The first-order chi connectivity index (χ1) is 9.52. The maximum absolute atomic E-state index is 12.5. The maximum Gasteiger partial charge on any atom is 0.243 e. The highest BCUT2D eigenvalue weighted by Gasteiger charge is 2.27. The SMILES string of the molecule is COc1ccc2c(c1)CCCN2C(=O)[C@H](N)CC(C)C. The molecule has 0 unspecified atom stereocenters. The van der Waals surface area contributed by atoms with Crippen LogP contribution in [-0.2, 0) is 11.2 Å². The second-order valence-corrected chi connectivity index (χ2v) is 5.82. The van der Waals surface area contributed by atoms with Crippen LogP contribution >= 0.6 is 0 Å². The van der Waals surface area contributed by atoms with Crippen molar-refractivity contribution in [1.82, 2.24) is 0 Å². The van der Waals surface area contributed by atoms with Crippen molar-refractivity contribution in [2.75, 3.05) is 18.6 Å². The lowest BCUT2D eigenvalue weighted by Gasteiger charge is -2.32. The van der Waals surface area contributed by atoms with Gasteiger partial charge in [-0.3, -0.25) is 4.79 Å². The van der Waals surface area contributed by atoms with Gasteiger partial charge in [0.2, 0.25) is 5.91 Å². The second kappa shape index (κ2) is 6.27. The largest absolute Gasteiger partial charge is 0.497 e. The van der Waals surface area contributed by atoms with Gasteiger partial charge in [0.1, 0.15) is 5.75 Å². The number of benzene rings is 1. The van der Waals surface area contributed by atoms with Gasteiger partial charge in [0.15, 0.2) is 0 Å². The van der Waals surface area contributed by atoms with Gasteiger partial charge >= 0.3 is 0 Å². The van der Waals surface area contributed by atoms with Crippen LogP contribution in [0.25, 0.3) is 0 Å². The van der Waals surface area contributed by atoms with Gasteiger partial charge in [-0.1, -0.05) is 13.8 Å². The summed E-state index contributed by atoms with van der Waals surface area (Å²) in [6, 6.07) is 5.47. The highest BCUT2D eigenvalue weighted by atomic mass is 16.5. The lowest BCUT2D eigenvalue weighted by Crippen LogP contribution is -2.46. The minimum atomic E-state index is -0.414. The average Bonchev–Trinajstić information content (AvgIpc) is 2.44. The molecule has 0 saturated heterocycles. The third-order valence-corrected chi connectivity index (χ3v) is 3.71. The predicted octanol–water partition coefficient (Wildman–Crippen LogP) is 2.35. The Bertz CT molecular complexity index is 485. The van der Waals surface area contributed by atoms with E-state index in [1.54, 1.807) is 7.11 Å². The monoisotopic (exact) mass is 276 g/mol. The van der Waals surface area contributed by atoms with Crippen molar-refractivity contribution in [2.45, 2.75) is 39.2 Å². The summed E-state index contributed by atoms with van der Waals surface area (Å²) in [5.41, 5.74) is 8.20. The van der Waals surface area contributed by atoms with Crippen molar-refractivity contribution in [2.24, 2.45) is 11.7 Å². The zero-order chi connectivity index (χ0) is 14.7. The number of nitrogens with zero attached hydrogens (tertiary/aromatic N) is 1. The Morgan fingerprint density at radius 2 is 2.20 bits per heavy atom. The number of fused-ring (bicyclic) bond motifs is 1. The fourth-order valence-corrected chi connectivity index (χ4v) is 2.74. The Hall–Kier alpha value is -1.55. The third-order valence-electron chi connectivity index (χ3n) is 3.71. The molecule has 2 rings (SSSR count). The minimum Gasteiger partial charge on any atom is -0.497 e. The molecule has 110 valence electrons. The van der Waals surface area contributed by atoms with E-state index in [1.807, 2.05) is 23.1 Å². The standard InChI is InChI=1S/C16H24N2O2/c1-11(2)9-14(17)16(19)18-8-4-5-12-10-13(20-3)6-7-15(12)18/h6-7,10-11,14H,4-5,8-9,17H2,1-3H3/t14-/m1/s1. The fourth-order valence-electron chi connectivity index (χ4n) is 2.74. The van der Waals surface area contributed by atoms with Crippen LogP contribution in [0.1, 0.15) is 32.3 Å². The van der Waals surface area contributed by atoms with Crippen molar-refractivity contribution in [3.8, 4) is 5.75 Å². The van der Waals surface area contributed by atoms with E-state index in [9.17, 15) is 4.79 Å². The summed E-state index contributed by atoms with van der Waals surface area (Å²) in [7, 11) is 1.66. The van der Waals surface area contributed by atoms with E-state index >= 15 is 0 Å². The molecule has 1 aliphatic heterocycles. The Morgan fingerprint density at radius 3 is 2.85 bits per heavy atom. The normalized spacial score (nSPS) is 15.9. The number of rotatable bonds is 4. The summed E-state index contributed by atoms with van der Waals surface area (Å²) >= 11 is 0. The molecule has 1 aliphatic rings. The summed E-state index contributed by atoms with van der Waals surface area (Å²) in [6.07, 6.45) is 2.68. The summed E-state index contributed by atoms with van der Waals surface area (Å²) in [4.78, 5) is 14.4. The lowest BCUT2D eigenvalue weighted by atomic mass is 9.98. The molecule has 1 heterocycles. The summed E-state index contributed by atoms with van der Waals surface area (Å²) in [5, 5.41) is 0. The number of anilines is 1. The molecule has 4 heteroatoms. The maximum atomic E-state index is 12.5. The summed E-state index contributed by atoms with van der Waals surface area (Å²) < 4.78 is 5.25. The number of carbonyl (C=O) groups excluding carboxylic acids is 1. The van der Waals surface area contributed by atoms with Gasteiger partial charge in [0.25, 0.3) is 0 Å². The number of amides is 1. The van der Waals surface area contributed by atoms with Crippen LogP contribution in [0.2, 0.25) is 0 Å². The van der Waals surface area contributed by atoms with Crippen LogP contribution in [0.15, 0.2) is 18.2 Å². The lowest BCUT2D eigenvalue weighted by molar-refractivity contribution is -0.120. The molecule has 0 fully saturated rings. The van der Waals surface area contributed by atoms with Gasteiger partial charge in [0.05, 0.1) is 13.2 Å². The van der Waals surface area contributed by atoms with Crippen LogP contribution in [0.3, 0.4) is 0 Å². The van der Waals surface area contributed by atoms with Gasteiger partial charge in [-0.15, -0.1) is 0 Å². The molecule has 1 aromatic rings. The van der Waals surface area contributed by atoms with Crippen LogP contribution < -0.4 is 15.4 Å². The van der Waals surface area contributed by atoms with E-state index in [2.05, 4.69) is 13.8 Å². The van der Waals surface area contributed by atoms with Gasteiger partial charge in [-0.25, -0.2) is 0 Å². The molecule has 0 radical (unpaired) electrons. The fraction of sp³-hybridized carbons (Fsp3) is 0.562. The molecule has 0 aromatic heterocycles. The molecule has 0 aliphatic carbocycles. The highest BCUT2D eigenvalue weighted by molar-refractivity contribution is 5.98. The molecule has 0 spiro atoms. The topological polar surface area (TPSA) is 55.6 Å². The van der Waals surface area contributed by atoms with Crippen molar-refractivity contribution >= 4 is 11.6 Å². The molecule has 1 amide bonds. The quantitative estimate of drug-likeness (QED) is 0.918. The molecule has 0 saturated carbocycles. The van der Waals surface area contributed by atoms with E-state index in [0.29, 0.717) is 5.92 Å². The van der Waals surface area contributed by atoms with E-state index in [-0.39, 0.29) is 5.91 Å². The predicted molar refractivity (Wildman–Crippen MR) is 81.1 cm³/mol. The Morgan fingerprint density at radius 1 is 1.45 bits per heavy atom. The molecular weight excluding hydrogens is 252 g/mol.